The molecule has 1 N–H and O–H groups in total. The van der Waals surface area contributed by atoms with Gasteiger partial charge in [0.15, 0.2) is 11.5 Å². The van der Waals surface area contributed by atoms with Crippen molar-refractivity contribution in [1.82, 2.24) is 4.90 Å². The summed E-state index contributed by atoms with van der Waals surface area (Å²) in [7, 11) is 1.64. The molecule has 0 atom stereocenters. The lowest BCUT2D eigenvalue weighted by molar-refractivity contribution is -0.146. The molecule has 0 amide bonds. The van der Waals surface area contributed by atoms with Crippen molar-refractivity contribution in [2.45, 2.75) is 68.5 Å². The molecule has 6 heteroatoms. The Hall–Kier alpha value is -2.26. The highest BCUT2D eigenvalue weighted by atomic mass is 16.5. The number of carboxylic acids is 1. The first-order chi connectivity index (χ1) is 13.5. The second-order valence-electron chi connectivity index (χ2n) is 8.36. The van der Waals surface area contributed by atoms with Gasteiger partial charge < -0.3 is 19.4 Å². The van der Waals surface area contributed by atoms with Gasteiger partial charge in [0.2, 0.25) is 0 Å². The monoisotopic (exact) mass is 384 g/mol. The molecule has 4 rings (SSSR count). The van der Waals surface area contributed by atoms with Gasteiger partial charge in [0.25, 0.3) is 5.54 Å². The minimum atomic E-state index is -0.723. The van der Waals surface area contributed by atoms with E-state index in [1.807, 2.05) is 18.2 Å². The predicted octanol–water partition coefficient (Wildman–Crippen LogP) is 3.84. The number of nitrogens with zero attached hydrogens (tertiary/aromatic N) is 2. The van der Waals surface area contributed by atoms with Crippen molar-refractivity contribution < 1.29 is 19.4 Å². The Bertz CT molecular complexity index is 782. The zero-order valence-electron chi connectivity index (χ0n) is 16.4. The molecule has 2 saturated carbocycles. The van der Waals surface area contributed by atoms with Crippen molar-refractivity contribution in [2.75, 3.05) is 20.2 Å². The van der Waals surface area contributed by atoms with Crippen molar-refractivity contribution in [2.24, 2.45) is 0 Å². The molecule has 150 valence electrons. The van der Waals surface area contributed by atoms with Crippen LogP contribution >= 0.6 is 0 Å². The van der Waals surface area contributed by atoms with Crippen molar-refractivity contribution in [3.05, 3.63) is 35.2 Å². The van der Waals surface area contributed by atoms with Crippen molar-refractivity contribution in [1.29, 1.82) is 0 Å². The normalized spacial score (nSPS) is 23.7. The summed E-state index contributed by atoms with van der Waals surface area (Å²) < 4.78 is 11.7. The minimum absolute atomic E-state index is 0.222. The third-order valence-corrected chi connectivity index (χ3v) is 6.83. The van der Waals surface area contributed by atoms with Crippen molar-refractivity contribution >= 4 is 5.97 Å². The molecular weight excluding hydrogens is 356 g/mol. The standard InChI is InChI=1S/C22H28N2O4/c1-23-21(11-13-24(14-12-21)22(9-10-22)20(25)26)16-7-8-18(27-2)19(15-16)28-17-5-3-4-6-17/h7-8,15,17H,3-6,9-14H2,2H3,(H,25,26). The van der Waals surface area contributed by atoms with E-state index in [0.717, 1.165) is 37.0 Å². The minimum Gasteiger partial charge on any atom is -0.493 e. The van der Waals surface area contributed by atoms with Gasteiger partial charge in [-0.2, -0.15) is 0 Å². The van der Waals surface area contributed by atoms with Gasteiger partial charge in [-0.25, -0.2) is 6.57 Å². The molecule has 3 aliphatic rings. The highest BCUT2D eigenvalue weighted by molar-refractivity contribution is 5.82. The summed E-state index contributed by atoms with van der Waals surface area (Å²) in [5, 5.41) is 9.56. The summed E-state index contributed by atoms with van der Waals surface area (Å²) in [6, 6.07) is 5.85. The van der Waals surface area contributed by atoms with Crippen LogP contribution in [0.25, 0.3) is 4.85 Å². The number of carbonyl (C=O) groups is 1. The molecule has 2 aliphatic carbocycles. The first-order valence-electron chi connectivity index (χ1n) is 10.3. The van der Waals surface area contributed by atoms with E-state index in [9.17, 15) is 9.90 Å². The van der Waals surface area contributed by atoms with E-state index in [-0.39, 0.29) is 6.10 Å². The van der Waals surface area contributed by atoms with Gasteiger partial charge >= 0.3 is 5.97 Å². The van der Waals surface area contributed by atoms with Crippen molar-refractivity contribution in [3.63, 3.8) is 0 Å². The van der Waals surface area contributed by atoms with Gasteiger partial charge in [0.1, 0.15) is 5.54 Å². The molecule has 1 aromatic rings. The van der Waals surface area contributed by atoms with Gasteiger partial charge in [0.05, 0.1) is 13.2 Å². The van der Waals surface area contributed by atoms with Crippen LogP contribution in [0, 0.1) is 6.57 Å². The van der Waals surface area contributed by atoms with Crippen LogP contribution in [0.2, 0.25) is 0 Å². The van der Waals surface area contributed by atoms with Gasteiger partial charge in [-0.3, -0.25) is 9.69 Å². The molecule has 0 spiro atoms. The number of hydrogen-bond acceptors (Lipinski definition) is 4. The number of likely N-dealkylation sites (tertiary alicyclic amines) is 1. The number of methoxy groups -OCH3 is 1. The third kappa shape index (κ3) is 3.22. The zero-order valence-corrected chi connectivity index (χ0v) is 16.4. The van der Waals surface area contributed by atoms with Crippen LogP contribution in [0.15, 0.2) is 18.2 Å². The molecule has 28 heavy (non-hydrogen) atoms. The fourth-order valence-corrected chi connectivity index (χ4v) is 4.80. The van der Waals surface area contributed by atoms with Gasteiger partial charge in [-0.05, 0) is 56.7 Å². The SMILES string of the molecule is [C-]#[N+]C1(c2ccc(OC)c(OC3CCCC3)c2)CCN(C2(C(=O)O)CC2)CC1. The third-order valence-electron chi connectivity index (χ3n) is 6.83. The van der Waals surface area contributed by atoms with Crippen LogP contribution in [0.3, 0.4) is 0 Å². The lowest BCUT2D eigenvalue weighted by Gasteiger charge is -2.37. The first kappa shape index (κ1) is 19.1. The van der Waals surface area contributed by atoms with Gasteiger partial charge in [-0.1, -0.05) is 0 Å². The molecule has 1 aliphatic heterocycles. The molecule has 0 radical (unpaired) electrons. The first-order valence-corrected chi connectivity index (χ1v) is 10.3. The predicted molar refractivity (Wildman–Crippen MR) is 105 cm³/mol. The van der Waals surface area contributed by atoms with E-state index in [4.69, 9.17) is 16.0 Å². The summed E-state index contributed by atoms with van der Waals surface area (Å²) in [5.41, 5.74) is -0.341. The van der Waals surface area contributed by atoms with Gasteiger partial charge in [-0.15, -0.1) is 0 Å². The lowest BCUT2D eigenvalue weighted by Crippen LogP contribution is -2.50. The molecule has 1 aromatic carbocycles. The molecule has 0 unspecified atom stereocenters. The highest BCUT2D eigenvalue weighted by Gasteiger charge is 2.57. The Labute approximate surface area is 166 Å². The largest absolute Gasteiger partial charge is 0.493 e. The Balaban J connectivity index is 1.55. The van der Waals surface area contributed by atoms with Crippen LogP contribution in [0.1, 0.15) is 56.9 Å². The molecule has 6 nitrogen and oxygen atoms in total. The number of ether oxygens (including phenoxy) is 2. The summed E-state index contributed by atoms with van der Waals surface area (Å²) in [5.74, 6) is 0.706. The number of aliphatic carboxylic acids is 1. The molecule has 1 heterocycles. The number of benzene rings is 1. The topological polar surface area (TPSA) is 63.4 Å². The van der Waals surface area contributed by atoms with E-state index in [0.29, 0.717) is 31.7 Å². The Morgan fingerprint density at radius 2 is 1.86 bits per heavy atom. The summed E-state index contributed by atoms with van der Waals surface area (Å²) in [6.45, 7) is 9.19. The fourth-order valence-electron chi connectivity index (χ4n) is 4.80. The maximum Gasteiger partial charge on any atom is 0.324 e. The zero-order chi connectivity index (χ0) is 19.8. The van der Waals surface area contributed by atoms with E-state index in [1.165, 1.54) is 12.8 Å². The van der Waals surface area contributed by atoms with E-state index >= 15 is 0 Å². The number of hydrogen-bond donors (Lipinski definition) is 1. The van der Waals surface area contributed by atoms with Crippen LogP contribution in [0.5, 0.6) is 11.5 Å². The van der Waals surface area contributed by atoms with Gasteiger partial charge in [0, 0.05) is 31.5 Å². The van der Waals surface area contributed by atoms with Crippen LogP contribution < -0.4 is 9.47 Å². The van der Waals surface area contributed by atoms with Crippen LogP contribution in [-0.2, 0) is 10.3 Å². The fraction of sp³-hybridized carbons (Fsp3) is 0.636. The Morgan fingerprint density at radius 1 is 1.18 bits per heavy atom. The molecule has 0 bridgehead atoms. The molecule has 3 fully saturated rings. The van der Waals surface area contributed by atoms with Crippen LogP contribution in [-0.4, -0.2) is 47.8 Å². The quantitative estimate of drug-likeness (QED) is 0.755. The van der Waals surface area contributed by atoms with Crippen LogP contribution in [0.4, 0.5) is 0 Å². The maximum absolute atomic E-state index is 11.6. The second-order valence-corrected chi connectivity index (χ2v) is 8.36. The summed E-state index contributed by atoms with van der Waals surface area (Å²) in [4.78, 5) is 17.7. The average Bonchev–Trinajstić information content (AvgIpc) is 3.39. The number of carboxylic acid groups (broad SMARTS) is 1. The number of rotatable bonds is 6. The highest BCUT2D eigenvalue weighted by Crippen LogP contribution is 2.47. The average molecular weight is 384 g/mol. The summed E-state index contributed by atoms with van der Waals surface area (Å²) in [6.07, 6.45) is 7.45. The maximum atomic E-state index is 11.6. The molecule has 0 aromatic heterocycles. The van der Waals surface area contributed by atoms with E-state index in [2.05, 4.69) is 9.74 Å². The van der Waals surface area contributed by atoms with E-state index in [1.54, 1.807) is 7.11 Å². The van der Waals surface area contributed by atoms with E-state index < -0.39 is 17.0 Å². The smallest absolute Gasteiger partial charge is 0.324 e. The molecular formula is C22H28N2O4. The Morgan fingerprint density at radius 3 is 2.39 bits per heavy atom. The van der Waals surface area contributed by atoms with Crippen molar-refractivity contribution in [3.8, 4) is 11.5 Å². The molecule has 1 saturated heterocycles. The Kier molecular flexibility index (Phi) is 4.96. The summed E-state index contributed by atoms with van der Waals surface area (Å²) >= 11 is 0. The lowest BCUT2D eigenvalue weighted by atomic mass is 9.81. The second kappa shape index (κ2) is 7.29. The number of piperidine rings is 1.